The Morgan fingerprint density at radius 2 is 1.71 bits per heavy atom. The van der Waals surface area contributed by atoms with E-state index in [4.69, 9.17) is 4.52 Å². The van der Waals surface area contributed by atoms with Gasteiger partial charge in [-0.3, -0.25) is 4.90 Å². The summed E-state index contributed by atoms with van der Waals surface area (Å²) in [5, 5.41) is 7.25. The van der Waals surface area contributed by atoms with E-state index < -0.39 is 6.04 Å². The van der Waals surface area contributed by atoms with E-state index in [-0.39, 0.29) is 11.8 Å². The van der Waals surface area contributed by atoms with Gasteiger partial charge in [0.15, 0.2) is 0 Å². The summed E-state index contributed by atoms with van der Waals surface area (Å²) < 4.78 is 19.6. The quantitative estimate of drug-likeness (QED) is 0.399. The van der Waals surface area contributed by atoms with Crippen molar-refractivity contribution < 1.29 is 13.7 Å². The van der Waals surface area contributed by atoms with Crippen LogP contribution in [-0.2, 0) is 0 Å². The average Bonchev–Trinajstić information content (AvgIpc) is 3.32. The van der Waals surface area contributed by atoms with Crippen LogP contribution >= 0.6 is 0 Å². The number of rotatable bonds is 4. The molecule has 1 aliphatic heterocycles. The Hall–Kier alpha value is -4.26. The number of anilines is 1. The molecule has 0 spiro atoms. The van der Waals surface area contributed by atoms with Gasteiger partial charge < -0.3 is 9.84 Å². The van der Waals surface area contributed by atoms with Gasteiger partial charge in [0, 0.05) is 11.3 Å². The van der Waals surface area contributed by atoms with Crippen LogP contribution in [0.2, 0.25) is 0 Å². The van der Waals surface area contributed by atoms with Crippen LogP contribution in [0.1, 0.15) is 35.5 Å². The summed E-state index contributed by atoms with van der Waals surface area (Å²) >= 11 is 0. The first kappa shape index (κ1) is 21.6. The number of hydrogen-bond donors (Lipinski definition) is 1. The molecule has 6 nitrogen and oxygen atoms in total. The third-order valence-corrected chi connectivity index (χ3v) is 5.98. The fourth-order valence-electron chi connectivity index (χ4n) is 4.15. The van der Waals surface area contributed by atoms with Gasteiger partial charge in [0.05, 0.1) is 17.3 Å². The van der Waals surface area contributed by atoms with Crippen molar-refractivity contribution in [3.05, 3.63) is 107 Å². The number of carbonyl (C=O) groups excluding carboxylic acids is 1. The molecule has 4 aromatic rings. The van der Waals surface area contributed by atoms with Gasteiger partial charge in [-0.05, 0) is 50.1 Å². The number of nitrogens with one attached hydrogen (secondary N) is 1. The van der Waals surface area contributed by atoms with Gasteiger partial charge in [-0.2, -0.15) is 4.98 Å². The number of halogens is 1. The molecule has 0 bridgehead atoms. The van der Waals surface area contributed by atoms with Crippen molar-refractivity contribution in [2.24, 2.45) is 0 Å². The third-order valence-electron chi connectivity index (χ3n) is 5.98. The van der Waals surface area contributed by atoms with E-state index in [0.29, 0.717) is 34.2 Å². The molecule has 0 saturated carbocycles. The number of aryl methyl sites for hydroxylation is 2. The summed E-state index contributed by atoms with van der Waals surface area (Å²) in [5.74, 6) is 0.440. The van der Waals surface area contributed by atoms with E-state index in [2.05, 4.69) is 15.5 Å². The molecule has 3 aromatic carbocycles. The first-order valence-electron chi connectivity index (χ1n) is 11.0. The van der Waals surface area contributed by atoms with Crippen LogP contribution in [0.3, 0.4) is 0 Å². The molecule has 0 radical (unpaired) electrons. The number of nitrogens with zero attached hydrogens (tertiary/aromatic N) is 3. The zero-order valence-electron chi connectivity index (χ0n) is 19.0. The van der Waals surface area contributed by atoms with Crippen LogP contribution in [0.4, 0.5) is 14.9 Å². The Morgan fingerprint density at radius 3 is 2.41 bits per heavy atom. The average molecular weight is 455 g/mol. The molecule has 1 unspecified atom stereocenters. The summed E-state index contributed by atoms with van der Waals surface area (Å²) in [4.78, 5) is 19.4. The molecule has 1 atom stereocenters. The Kier molecular flexibility index (Phi) is 5.45. The number of carbonyl (C=O) groups is 1. The standard InChI is InChI=1S/C27H23FN4O2/c1-16-9-11-19(12-10-16)24-23(26-30-25(31-34-26)20-7-5-4-6-8-20)18(3)32(27(33)29-24)21-13-14-22(28)17(2)15-21/h4-15,24H,1-3H3,(H,29,33). The first-order valence-corrected chi connectivity index (χ1v) is 11.0. The second kappa shape index (κ2) is 8.59. The molecule has 0 aliphatic carbocycles. The highest BCUT2D eigenvalue weighted by molar-refractivity contribution is 6.01. The van der Waals surface area contributed by atoms with Crippen molar-refractivity contribution in [3.63, 3.8) is 0 Å². The number of urea groups is 1. The smallest absolute Gasteiger partial charge is 0.326 e. The second-order valence-corrected chi connectivity index (χ2v) is 8.35. The molecule has 1 N–H and O–H groups in total. The number of allylic oxidation sites excluding steroid dienone is 1. The minimum absolute atomic E-state index is 0.311. The number of hydrogen-bond acceptors (Lipinski definition) is 4. The molecule has 0 saturated heterocycles. The predicted octanol–water partition coefficient (Wildman–Crippen LogP) is 6.19. The highest BCUT2D eigenvalue weighted by Gasteiger charge is 2.36. The summed E-state index contributed by atoms with van der Waals surface area (Å²) in [6, 6.07) is 21.3. The zero-order chi connectivity index (χ0) is 23.8. The van der Waals surface area contributed by atoms with Gasteiger partial charge in [-0.15, -0.1) is 0 Å². The van der Waals surface area contributed by atoms with Gasteiger partial charge in [-0.25, -0.2) is 9.18 Å². The summed E-state index contributed by atoms with van der Waals surface area (Å²) in [7, 11) is 0. The van der Waals surface area contributed by atoms with Crippen molar-refractivity contribution in [2.75, 3.05) is 4.90 Å². The third kappa shape index (κ3) is 3.85. The fraction of sp³-hybridized carbons (Fsp3) is 0.148. The Morgan fingerprint density at radius 1 is 0.971 bits per heavy atom. The normalized spacial score (nSPS) is 16.1. The van der Waals surface area contributed by atoms with Gasteiger partial charge in [0.1, 0.15) is 5.82 Å². The lowest BCUT2D eigenvalue weighted by molar-refractivity contribution is 0.244. The molecule has 0 fully saturated rings. The zero-order valence-corrected chi connectivity index (χ0v) is 19.0. The van der Waals surface area contributed by atoms with Crippen molar-refractivity contribution in [3.8, 4) is 11.4 Å². The minimum Gasteiger partial charge on any atom is -0.334 e. The molecule has 170 valence electrons. The fourth-order valence-corrected chi connectivity index (χ4v) is 4.15. The maximum absolute atomic E-state index is 13.9. The van der Waals surface area contributed by atoms with Crippen LogP contribution in [0.25, 0.3) is 17.0 Å². The summed E-state index contributed by atoms with van der Waals surface area (Å²) in [6.07, 6.45) is 0. The van der Waals surface area contributed by atoms with Crippen LogP contribution in [0.15, 0.2) is 83.0 Å². The van der Waals surface area contributed by atoms with E-state index in [1.54, 1.807) is 19.1 Å². The van der Waals surface area contributed by atoms with E-state index in [1.807, 2.05) is 68.4 Å². The summed E-state index contributed by atoms with van der Waals surface area (Å²) in [5.41, 5.74) is 5.14. The molecule has 5 rings (SSSR count). The van der Waals surface area contributed by atoms with Gasteiger partial charge in [-0.1, -0.05) is 65.3 Å². The van der Waals surface area contributed by atoms with Gasteiger partial charge in [0.25, 0.3) is 5.89 Å². The molecular formula is C27H23FN4O2. The molecule has 2 amide bonds. The maximum atomic E-state index is 13.9. The van der Waals surface area contributed by atoms with Crippen molar-refractivity contribution in [1.82, 2.24) is 15.5 Å². The number of benzene rings is 3. The second-order valence-electron chi connectivity index (χ2n) is 8.35. The van der Waals surface area contributed by atoms with E-state index in [9.17, 15) is 9.18 Å². The SMILES string of the molecule is CC1=C(c2nc(-c3ccccc3)no2)C(c2ccc(C)cc2)NC(=O)N1c1ccc(F)c(C)c1. The minimum atomic E-state index is -0.491. The lowest BCUT2D eigenvalue weighted by Crippen LogP contribution is -2.46. The number of aromatic nitrogens is 2. The molecule has 7 heteroatoms. The highest BCUT2D eigenvalue weighted by Crippen LogP contribution is 2.39. The van der Waals surface area contributed by atoms with Crippen LogP contribution < -0.4 is 10.2 Å². The molecule has 34 heavy (non-hydrogen) atoms. The lowest BCUT2D eigenvalue weighted by Gasteiger charge is -2.35. The first-order chi connectivity index (χ1) is 16.4. The van der Waals surface area contributed by atoms with E-state index in [1.165, 1.54) is 11.0 Å². The van der Waals surface area contributed by atoms with Gasteiger partial charge >= 0.3 is 6.03 Å². The van der Waals surface area contributed by atoms with E-state index >= 15 is 0 Å². The largest absolute Gasteiger partial charge is 0.334 e. The predicted molar refractivity (Wildman–Crippen MR) is 128 cm³/mol. The highest BCUT2D eigenvalue weighted by atomic mass is 19.1. The molecule has 1 aliphatic rings. The van der Waals surface area contributed by atoms with Crippen LogP contribution in [0.5, 0.6) is 0 Å². The Bertz CT molecular complexity index is 1390. The van der Waals surface area contributed by atoms with Crippen molar-refractivity contribution in [2.45, 2.75) is 26.8 Å². The Balaban J connectivity index is 1.66. The van der Waals surface area contributed by atoms with Crippen molar-refractivity contribution in [1.29, 1.82) is 0 Å². The Labute approximate surface area is 196 Å². The van der Waals surface area contributed by atoms with E-state index in [0.717, 1.165) is 16.7 Å². The monoisotopic (exact) mass is 454 g/mol. The number of amides is 2. The summed E-state index contributed by atoms with van der Waals surface area (Å²) in [6.45, 7) is 5.51. The molecular weight excluding hydrogens is 431 g/mol. The lowest BCUT2D eigenvalue weighted by atomic mass is 9.94. The topological polar surface area (TPSA) is 71.3 Å². The maximum Gasteiger partial charge on any atom is 0.326 e. The molecule has 1 aromatic heterocycles. The van der Waals surface area contributed by atoms with Crippen molar-refractivity contribution >= 4 is 17.3 Å². The molecule has 2 heterocycles. The van der Waals surface area contributed by atoms with Gasteiger partial charge in [0.2, 0.25) is 5.82 Å². The van der Waals surface area contributed by atoms with Crippen LogP contribution in [-0.4, -0.2) is 16.2 Å². The van der Waals surface area contributed by atoms with Crippen LogP contribution in [0, 0.1) is 19.7 Å².